The molecule has 0 aromatic carbocycles. The number of amides is 1. The van der Waals surface area contributed by atoms with Gasteiger partial charge in [0.2, 0.25) is 11.9 Å². The van der Waals surface area contributed by atoms with Gasteiger partial charge in [-0.1, -0.05) is 11.6 Å². The fourth-order valence-corrected chi connectivity index (χ4v) is 3.25. The highest BCUT2D eigenvalue weighted by molar-refractivity contribution is 6.29. The molecule has 0 aliphatic heterocycles. The summed E-state index contributed by atoms with van der Waals surface area (Å²) >= 11 is 6.05. The van der Waals surface area contributed by atoms with Crippen LogP contribution < -0.4 is 5.32 Å². The number of anilines is 1. The van der Waals surface area contributed by atoms with Crippen molar-refractivity contribution in [3.05, 3.63) is 17.3 Å². The zero-order chi connectivity index (χ0) is 18.2. The summed E-state index contributed by atoms with van der Waals surface area (Å²) in [7, 11) is 0. The summed E-state index contributed by atoms with van der Waals surface area (Å²) in [5, 5.41) is 3.36. The van der Waals surface area contributed by atoms with Gasteiger partial charge < -0.3 is 4.74 Å². The first-order chi connectivity index (χ1) is 11.7. The SMILES string of the molecule is C[C@H](CC(=O)Nc1nc2ccc(Cl)nc2n1C1CCC1)OC(C)(C)C. The Bertz CT molecular complexity index is 777. The van der Waals surface area contributed by atoms with Gasteiger partial charge in [0.15, 0.2) is 5.65 Å². The lowest BCUT2D eigenvalue weighted by molar-refractivity contribution is -0.121. The lowest BCUT2D eigenvalue weighted by atomic mass is 9.93. The largest absolute Gasteiger partial charge is 0.372 e. The lowest BCUT2D eigenvalue weighted by Crippen LogP contribution is -2.29. The average Bonchev–Trinajstić information content (AvgIpc) is 2.72. The van der Waals surface area contributed by atoms with Crippen LogP contribution >= 0.6 is 11.6 Å². The molecule has 0 saturated heterocycles. The van der Waals surface area contributed by atoms with Crippen LogP contribution in [0.4, 0.5) is 5.95 Å². The van der Waals surface area contributed by atoms with E-state index in [1.54, 1.807) is 6.07 Å². The van der Waals surface area contributed by atoms with Crippen molar-refractivity contribution < 1.29 is 9.53 Å². The zero-order valence-corrected chi connectivity index (χ0v) is 15.9. The van der Waals surface area contributed by atoms with Crippen LogP contribution in [0.2, 0.25) is 5.15 Å². The number of hydrogen-bond donors (Lipinski definition) is 1. The van der Waals surface area contributed by atoms with E-state index in [2.05, 4.69) is 15.3 Å². The van der Waals surface area contributed by atoms with E-state index in [9.17, 15) is 4.79 Å². The van der Waals surface area contributed by atoms with Crippen LogP contribution in [0.25, 0.3) is 11.2 Å². The number of rotatable bonds is 5. The molecule has 0 unspecified atom stereocenters. The van der Waals surface area contributed by atoms with Crippen molar-refractivity contribution in [3.8, 4) is 0 Å². The first kappa shape index (κ1) is 18.1. The molecule has 0 bridgehead atoms. The Kier molecular flexibility index (Phi) is 5.02. The van der Waals surface area contributed by atoms with Crippen LogP contribution in [0.1, 0.15) is 59.4 Å². The highest BCUT2D eigenvalue weighted by atomic mass is 35.5. The molecule has 1 fully saturated rings. The molecule has 2 heterocycles. The van der Waals surface area contributed by atoms with Crippen LogP contribution in [0.3, 0.4) is 0 Å². The smallest absolute Gasteiger partial charge is 0.229 e. The number of aromatic nitrogens is 3. The van der Waals surface area contributed by atoms with Gasteiger partial charge in [0.1, 0.15) is 10.7 Å². The van der Waals surface area contributed by atoms with Crippen molar-refractivity contribution in [2.75, 3.05) is 5.32 Å². The van der Waals surface area contributed by atoms with Gasteiger partial charge in [-0.25, -0.2) is 9.97 Å². The number of ether oxygens (including phenoxy) is 1. The first-order valence-electron chi connectivity index (χ1n) is 8.75. The molecule has 136 valence electrons. The minimum absolute atomic E-state index is 0.112. The van der Waals surface area contributed by atoms with Crippen molar-refractivity contribution in [1.82, 2.24) is 14.5 Å². The van der Waals surface area contributed by atoms with E-state index in [4.69, 9.17) is 16.3 Å². The van der Waals surface area contributed by atoms with Crippen molar-refractivity contribution in [1.29, 1.82) is 0 Å². The van der Waals surface area contributed by atoms with Gasteiger partial charge >= 0.3 is 0 Å². The third-order valence-corrected chi connectivity index (χ3v) is 4.43. The molecule has 1 N–H and O–H groups in total. The normalized spacial score (nSPS) is 16.7. The second-order valence-electron chi connectivity index (χ2n) is 7.66. The number of hydrogen-bond acceptors (Lipinski definition) is 4. The second kappa shape index (κ2) is 6.92. The summed E-state index contributed by atoms with van der Waals surface area (Å²) in [6.07, 6.45) is 3.40. The molecule has 1 aliphatic carbocycles. The van der Waals surface area contributed by atoms with E-state index >= 15 is 0 Å². The topological polar surface area (TPSA) is 69.0 Å². The van der Waals surface area contributed by atoms with Crippen molar-refractivity contribution in [2.24, 2.45) is 0 Å². The number of imidazole rings is 1. The Labute approximate surface area is 152 Å². The summed E-state index contributed by atoms with van der Waals surface area (Å²) in [6, 6.07) is 3.86. The molecule has 1 aliphatic rings. The van der Waals surface area contributed by atoms with E-state index in [0.29, 0.717) is 17.1 Å². The summed E-state index contributed by atoms with van der Waals surface area (Å²) in [4.78, 5) is 21.4. The van der Waals surface area contributed by atoms with Gasteiger partial charge in [-0.2, -0.15) is 0 Å². The number of carbonyl (C=O) groups is 1. The molecule has 2 aromatic heterocycles. The standard InChI is InChI=1S/C18H25ClN4O2/c1-11(25-18(2,3)4)10-15(24)22-17-20-13-8-9-14(19)21-16(13)23(17)12-6-5-7-12/h8-9,11-12H,5-7,10H2,1-4H3,(H,20,22,24)/t11-/m1/s1. The number of fused-ring (bicyclic) bond motifs is 1. The number of nitrogens with one attached hydrogen (secondary N) is 1. The predicted molar refractivity (Wildman–Crippen MR) is 99.0 cm³/mol. The van der Waals surface area contributed by atoms with E-state index < -0.39 is 0 Å². The number of pyridine rings is 1. The summed E-state index contributed by atoms with van der Waals surface area (Å²) in [6.45, 7) is 7.84. The van der Waals surface area contributed by atoms with Crippen LogP contribution in [0, 0.1) is 0 Å². The molecule has 0 spiro atoms. The summed E-state index contributed by atoms with van der Waals surface area (Å²) in [5.41, 5.74) is 1.19. The number of nitrogens with zero attached hydrogens (tertiary/aromatic N) is 3. The molecule has 6 nitrogen and oxygen atoms in total. The third-order valence-electron chi connectivity index (χ3n) is 4.22. The Morgan fingerprint density at radius 2 is 2.12 bits per heavy atom. The highest BCUT2D eigenvalue weighted by Gasteiger charge is 2.27. The van der Waals surface area contributed by atoms with Gasteiger partial charge in [-0.15, -0.1) is 0 Å². The molecular formula is C18H25ClN4O2. The van der Waals surface area contributed by atoms with E-state index in [1.807, 2.05) is 38.3 Å². The summed E-state index contributed by atoms with van der Waals surface area (Å²) in [5.74, 6) is 0.432. The quantitative estimate of drug-likeness (QED) is 0.801. The predicted octanol–water partition coefficient (Wildman–Crippen LogP) is 4.34. The fourth-order valence-electron chi connectivity index (χ4n) is 3.11. The molecule has 7 heteroatoms. The molecular weight excluding hydrogens is 340 g/mol. The van der Waals surface area contributed by atoms with Gasteiger partial charge in [0.05, 0.1) is 18.1 Å². The molecule has 1 saturated carbocycles. The van der Waals surface area contributed by atoms with Gasteiger partial charge in [0, 0.05) is 6.04 Å². The minimum Gasteiger partial charge on any atom is -0.372 e. The van der Waals surface area contributed by atoms with Crippen molar-refractivity contribution >= 4 is 34.6 Å². The minimum atomic E-state index is -0.278. The lowest BCUT2D eigenvalue weighted by Gasteiger charge is -2.28. The van der Waals surface area contributed by atoms with Gasteiger partial charge in [0.25, 0.3) is 0 Å². The Morgan fingerprint density at radius 1 is 1.40 bits per heavy atom. The Morgan fingerprint density at radius 3 is 2.72 bits per heavy atom. The molecule has 1 atom stereocenters. The molecule has 1 amide bonds. The van der Waals surface area contributed by atoms with Crippen LogP contribution in [-0.2, 0) is 9.53 Å². The van der Waals surface area contributed by atoms with E-state index in [-0.39, 0.29) is 24.0 Å². The van der Waals surface area contributed by atoms with Crippen LogP contribution in [-0.4, -0.2) is 32.1 Å². The molecule has 2 aromatic rings. The Hall–Kier alpha value is -1.66. The first-order valence-corrected chi connectivity index (χ1v) is 9.13. The maximum absolute atomic E-state index is 12.4. The fraction of sp³-hybridized carbons (Fsp3) is 0.611. The maximum Gasteiger partial charge on any atom is 0.229 e. The zero-order valence-electron chi connectivity index (χ0n) is 15.2. The number of halogens is 1. The highest BCUT2D eigenvalue weighted by Crippen LogP contribution is 2.37. The maximum atomic E-state index is 12.4. The third kappa shape index (κ3) is 4.30. The Balaban J connectivity index is 1.79. The summed E-state index contributed by atoms with van der Waals surface area (Å²) < 4.78 is 7.82. The monoisotopic (exact) mass is 364 g/mol. The van der Waals surface area contributed by atoms with Crippen molar-refractivity contribution in [2.45, 2.75) is 71.1 Å². The van der Waals surface area contributed by atoms with E-state index in [0.717, 1.165) is 24.0 Å². The van der Waals surface area contributed by atoms with Crippen molar-refractivity contribution in [3.63, 3.8) is 0 Å². The van der Waals surface area contributed by atoms with Gasteiger partial charge in [-0.05, 0) is 59.1 Å². The van der Waals surface area contributed by atoms with Crippen LogP contribution in [0.5, 0.6) is 0 Å². The molecule has 25 heavy (non-hydrogen) atoms. The second-order valence-corrected chi connectivity index (χ2v) is 8.05. The van der Waals surface area contributed by atoms with Gasteiger partial charge in [-0.3, -0.25) is 14.7 Å². The molecule has 0 radical (unpaired) electrons. The number of carbonyl (C=O) groups excluding carboxylic acids is 1. The van der Waals surface area contributed by atoms with Crippen LogP contribution in [0.15, 0.2) is 12.1 Å². The average molecular weight is 365 g/mol. The van der Waals surface area contributed by atoms with E-state index in [1.165, 1.54) is 6.42 Å². The molecule has 3 rings (SSSR count).